The van der Waals surface area contributed by atoms with Gasteiger partial charge < -0.3 is 19.7 Å². The first-order valence-electron chi connectivity index (χ1n) is 11.2. The number of rotatable bonds is 8. The van der Waals surface area contributed by atoms with Gasteiger partial charge in [0.25, 0.3) is 0 Å². The Morgan fingerprint density at radius 1 is 0.871 bits per heavy atom. The Morgan fingerprint density at radius 3 is 2.23 bits per heavy atom. The van der Waals surface area contributed by atoms with E-state index < -0.39 is 0 Å². The topological polar surface area (TPSA) is 33.7 Å². The number of benzene rings is 3. The van der Waals surface area contributed by atoms with Crippen LogP contribution >= 0.6 is 0 Å². The van der Waals surface area contributed by atoms with Crippen LogP contribution in [0.5, 0.6) is 11.5 Å². The van der Waals surface area contributed by atoms with E-state index in [-0.39, 0.29) is 0 Å². The van der Waals surface area contributed by atoms with Gasteiger partial charge in [0.1, 0.15) is 24.7 Å². The molecule has 1 saturated heterocycles. The molecule has 1 atom stereocenters. The summed E-state index contributed by atoms with van der Waals surface area (Å²) in [5.41, 5.74) is 3.81. The van der Waals surface area contributed by atoms with Crippen molar-refractivity contribution < 1.29 is 9.47 Å². The summed E-state index contributed by atoms with van der Waals surface area (Å²) in [6.07, 6.45) is 0. The van der Waals surface area contributed by atoms with Gasteiger partial charge in [-0.15, -0.1) is 0 Å². The molecule has 1 N–H and O–H groups in total. The fourth-order valence-corrected chi connectivity index (χ4v) is 3.87. The van der Waals surface area contributed by atoms with Crippen molar-refractivity contribution in [1.82, 2.24) is 5.32 Å². The smallest absolute Gasteiger partial charge is 0.120 e. The second-order valence-corrected chi connectivity index (χ2v) is 8.35. The lowest BCUT2D eigenvalue weighted by atomic mass is 10.0. The normalized spacial score (nSPS) is 16.4. The molecule has 0 saturated carbocycles. The van der Waals surface area contributed by atoms with Crippen LogP contribution in [0.15, 0.2) is 78.9 Å². The van der Waals surface area contributed by atoms with Crippen LogP contribution in [0, 0.1) is 0 Å². The summed E-state index contributed by atoms with van der Waals surface area (Å²) in [6, 6.07) is 27.4. The van der Waals surface area contributed by atoms with E-state index in [1.54, 1.807) is 0 Å². The zero-order valence-corrected chi connectivity index (χ0v) is 18.5. The molecule has 162 valence electrons. The molecule has 0 radical (unpaired) electrons. The van der Waals surface area contributed by atoms with Crippen molar-refractivity contribution in [3.8, 4) is 11.5 Å². The Balaban J connectivity index is 1.32. The van der Waals surface area contributed by atoms with E-state index >= 15 is 0 Å². The highest BCUT2D eigenvalue weighted by Crippen LogP contribution is 2.24. The average Bonchev–Trinajstić information content (AvgIpc) is 2.83. The fourth-order valence-electron chi connectivity index (χ4n) is 3.87. The van der Waals surface area contributed by atoms with Gasteiger partial charge in [-0.25, -0.2) is 0 Å². The Hall–Kier alpha value is -2.98. The van der Waals surface area contributed by atoms with Gasteiger partial charge in [-0.1, -0.05) is 56.3 Å². The fraction of sp³-hybridized carbons (Fsp3) is 0.333. The van der Waals surface area contributed by atoms with Crippen LogP contribution in [-0.4, -0.2) is 32.3 Å². The van der Waals surface area contributed by atoms with Crippen molar-refractivity contribution in [2.75, 3.05) is 31.1 Å². The molecule has 0 amide bonds. The lowest BCUT2D eigenvalue weighted by Gasteiger charge is -2.38. The van der Waals surface area contributed by atoms with E-state index in [9.17, 15) is 0 Å². The van der Waals surface area contributed by atoms with Gasteiger partial charge in [0.15, 0.2) is 0 Å². The van der Waals surface area contributed by atoms with Crippen molar-refractivity contribution in [1.29, 1.82) is 0 Å². The predicted molar refractivity (Wildman–Crippen MR) is 127 cm³/mol. The van der Waals surface area contributed by atoms with E-state index in [0.717, 1.165) is 36.7 Å². The number of hydrogen-bond acceptors (Lipinski definition) is 4. The molecule has 0 spiro atoms. The standard InChI is InChI=1S/C27H32N2O2/c1-21(2)23-8-10-24(11-9-23)29-17-16-28-18-25(29)20-31-27-14-12-26(13-15-27)30-19-22-6-4-3-5-7-22/h3-15,21,25,28H,16-20H2,1-2H3. The summed E-state index contributed by atoms with van der Waals surface area (Å²) in [5, 5.41) is 3.50. The Bertz CT molecular complexity index is 924. The Kier molecular flexibility index (Phi) is 7.11. The van der Waals surface area contributed by atoms with Crippen LogP contribution in [0.3, 0.4) is 0 Å². The summed E-state index contributed by atoms with van der Waals surface area (Å²) < 4.78 is 12.0. The number of nitrogens with one attached hydrogen (secondary N) is 1. The van der Waals surface area contributed by atoms with Gasteiger partial charge in [0.2, 0.25) is 0 Å². The summed E-state index contributed by atoms with van der Waals surface area (Å²) in [5.74, 6) is 2.27. The Morgan fingerprint density at radius 2 is 1.55 bits per heavy atom. The van der Waals surface area contributed by atoms with Crippen LogP contribution in [0.25, 0.3) is 0 Å². The number of hydrogen-bond donors (Lipinski definition) is 1. The van der Waals surface area contributed by atoms with Crippen molar-refractivity contribution >= 4 is 5.69 Å². The van der Waals surface area contributed by atoms with Gasteiger partial charge in [-0.05, 0) is 53.4 Å². The first kappa shape index (κ1) is 21.3. The molecular weight excluding hydrogens is 384 g/mol. The maximum Gasteiger partial charge on any atom is 0.120 e. The van der Waals surface area contributed by atoms with E-state index in [1.165, 1.54) is 11.3 Å². The molecule has 4 heteroatoms. The molecule has 1 aliphatic rings. The molecule has 0 bridgehead atoms. The monoisotopic (exact) mass is 416 g/mol. The highest BCUT2D eigenvalue weighted by atomic mass is 16.5. The third kappa shape index (κ3) is 5.80. The molecule has 0 aliphatic carbocycles. The zero-order chi connectivity index (χ0) is 21.5. The average molecular weight is 417 g/mol. The number of nitrogens with zero attached hydrogens (tertiary/aromatic N) is 1. The van der Waals surface area contributed by atoms with E-state index in [0.29, 0.717) is 25.2 Å². The van der Waals surface area contributed by atoms with Crippen LogP contribution in [0.4, 0.5) is 5.69 Å². The summed E-state index contributed by atoms with van der Waals surface area (Å²) >= 11 is 0. The molecule has 1 aliphatic heterocycles. The highest BCUT2D eigenvalue weighted by molar-refractivity contribution is 5.49. The van der Waals surface area contributed by atoms with Crippen LogP contribution in [0.2, 0.25) is 0 Å². The number of piperazine rings is 1. The van der Waals surface area contributed by atoms with Crippen molar-refractivity contribution in [3.63, 3.8) is 0 Å². The van der Waals surface area contributed by atoms with Crippen LogP contribution < -0.4 is 19.7 Å². The SMILES string of the molecule is CC(C)c1ccc(N2CCNCC2COc2ccc(OCc3ccccc3)cc2)cc1. The maximum absolute atomic E-state index is 6.14. The predicted octanol–water partition coefficient (Wildman–Crippen LogP) is 5.25. The summed E-state index contributed by atoms with van der Waals surface area (Å²) in [4.78, 5) is 2.46. The van der Waals surface area contributed by atoms with Crippen molar-refractivity contribution in [3.05, 3.63) is 90.0 Å². The molecule has 3 aromatic carbocycles. The third-order valence-corrected chi connectivity index (χ3v) is 5.76. The van der Waals surface area contributed by atoms with Gasteiger partial charge in [0.05, 0.1) is 6.04 Å². The number of anilines is 1. The first-order chi connectivity index (χ1) is 15.2. The molecule has 3 aromatic rings. The number of ether oxygens (including phenoxy) is 2. The van der Waals surface area contributed by atoms with Crippen molar-refractivity contribution in [2.45, 2.75) is 32.4 Å². The summed E-state index contributed by atoms with van der Waals surface area (Å²) in [7, 11) is 0. The molecule has 0 aromatic heterocycles. The Labute approximate surface area is 185 Å². The second-order valence-electron chi connectivity index (χ2n) is 8.35. The quantitative estimate of drug-likeness (QED) is 0.544. The first-order valence-corrected chi connectivity index (χ1v) is 11.2. The van der Waals surface area contributed by atoms with Crippen molar-refractivity contribution in [2.24, 2.45) is 0 Å². The molecule has 1 fully saturated rings. The molecule has 4 rings (SSSR count). The lowest BCUT2D eigenvalue weighted by Crippen LogP contribution is -2.54. The van der Waals surface area contributed by atoms with Crippen LogP contribution in [-0.2, 0) is 6.61 Å². The lowest BCUT2D eigenvalue weighted by molar-refractivity contribution is 0.265. The van der Waals surface area contributed by atoms with E-state index in [2.05, 4.69) is 60.5 Å². The van der Waals surface area contributed by atoms with Gasteiger partial charge in [-0.2, -0.15) is 0 Å². The minimum Gasteiger partial charge on any atom is -0.491 e. The maximum atomic E-state index is 6.14. The summed E-state index contributed by atoms with van der Waals surface area (Å²) in [6.45, 7) is 8.58. The van der Waals surface area contributed by atoms with Gasteiger partial charge in [0, 0.05) is 25.3 Å². The molecule has 1 heterocycles. The largest absolute Gasteiger partial charge is 0.491 e. The van der Waals surface area contributed by atoms with Gasteiger partial charge in [-0.3, -0.25) is 0 Å². The van der Waals surface area contributed by atoms with E-state index in [4.69, 9.17) is 9.47 Å². The second kappa shape index (κ2) is 10.4. The molecule has 1 unspecified atom stereocenters. The molecule has 31 heavy (non-hydrogen) atoms. The molecular formula is C27H32N2O2. The third-order valence-electron chi connectivity index (χ3n) is 5.76. The minimum atomic E-state index is 0.299. The zero-order valence-electron chi connectivity index (χ0n) is 18.5. The van der Waals surface area contributed by atoms with Crippen LogP contribution in [0.1, 0.15) is 30.9 Å². The molecule has 4 nitrogen and oxygen atoms in total. The minimum absolute atomic E-state index is 0.299. The highest BCUT2D eigenvalue weighted by Gasteiger charge is 2.23. The van der Waals surface area contributed by atoms with E-state index in [1.807, 2.05) is 42.5 Å². The van der Waals surface area contributed by atoms with Gasteiger partial charge >= 0.3 is 0 Å².